The highest BCUT2D eigenvalue weighted by Gasteiger charge is 2.23. The second-order valence-corrected chi connectivity index (χ2v) is 8.88. The molecule has 2 heterocycles. The van der Waals surface area contributed by atoms with Gasteiger partial charge in [-0.05, 0) is 22.7 Å². The summed E-state index contributed by atoms with van der Waals surface area (Å²) in [5, 5.41) is 23.5. The molecule has 0 bridgehead atoms. The number of benzene rings is 2. The Balaban J connectivity index is 0.000000127. The topological polar surface area (TPSA) is 89.2 Å². The third-order valence-corrected chi connectivity index (χ3v) is 6.12. The van der Waals surface area contributed by atoms with Gasteiger partial charge in [0, 0.05) is 4.48 Å². The van der Waals surface area contributed by atoms with Crippen molar-refractivity contribution in [1.82, 2.24) is 10.6 Å². The molecule has 0 aromatic heterocycles. The van der Waals surface area contributed by atoms with Gasteiger partial charge in [0.2, 0.25) is 0 Å². The number of aliphatic imine (C=N–C) groups is 2. The summed E-state index contributed by atoms with van der Waals surface area (Å²) in [7, 11) is -1.34. The zero-order chi connectivity index (χ0) is 23.8. The van der Waals surface area contributed by atoms with Crippen LogP contribution in [0.1, 0.15) is 5.56 Å². The van der Waals surface area contributed by atoms with Gasteiger partial charge in [0.25, 0.3) is 0 Å². The van der Waals surface area contributed by atoms with Crippen LogP contribution in [0.15, 0.2) is 112 Å². The maximum absolute atomic E-state index is 8.58. The summed E-state index contributed by atoms with van der Waals surface area (Å²) in [4.78, 5) is 8.52. The molecule has 0 radical (unpaired) electrons. The van der Waals surface area contributed by atoms with E-state index >= 15 is 0 Å². The Morgan fingerprint density at radius 1 is 0.735 bits per heavy atom. The molecule has 4 aliphatic rings. The van der Waals surface area contributed by atoms with Crippen molar-refractivity contribution in [2.24, 2.45) is 9.98 Å². The van der Waals surface area contributed by atoms with E-state index in [1.165, 1.54) is 11.1 Å². The van der Waals surface area contributed by atoms with E-state index in [4.69, 9.17) is 10.0 Å². The summed E-state index contributed by atoms with van der Waals surface area (Å²) in [6.07, 6.45) is 16.4. The van der Waals surface area contributed by atoms with Gasteiger partial charge in [-0.3, -0.25) is 9.98 Å². The summed E-state index contributed by atoms with van der Waals surface area (Å²) < 4.78 is 1.13. The lowest BCUT2D eigenvalue weighted by atomic mass is 9.81. The molecule has 2 aliphatic heterocycles. The van der Waals surface area contributed by atoms with Crippen molar-refractivity contribution in [3.8, 4) is 0 Å². The molecule has 0 amide bonds. The summed E-state index contributed by atoms with van der Waals surface area (Å²) in [6.45, 7) is 0. The van der Waals surface area contributed by atoms with E-state index in [9.17, 15) is 0 Å². The van der Waals surface area contributed by atoms with Gasteiger partial charge in [0.15, 0.2) is 0 Å². The van der Waals surface area contributed by atoms with E-state index in [0.29, 0.717) is 23.6 Å². The average molecular weight is 517 g/mol. The van der Waals surface area contributed by atoms with Crippen molar-refractivity contribution in [3.05, 3.63) is 107 Å². The van der Waals surface area contributed by atoms with Crippen LogP contribution in [0.25, 0.3) is 5.57 Å². The Morgan fingerprint density at radius 3 is 1.88 bits per heavy atom. The predicted octanol–water partition coefficient (Wildman–Crippen LogP) is 2.58. The molecule has 2 aromatic carbocycles. The van der Waals surface area contributed by atoms with E-state index in [-0.39, 0.29) is 6.04 Å². The first-order valence-corrected chi connectivity index (χ1v) is 11.9. The maximum atomic E-state index is 8.58. The lowest BCUT2D eigenvalue weighted by molar-refractivity contribution is 0.426. The molecule has 2 aliphatic carbocycles. The Kier molecular flexibility index (Phi) is 8.30. The highest BCUT2D eigenvalue weighted by atomic mass is 79.9. The highest BCUT2D eigenvalue weighted by molar-refractivity contribution is 9.11. The third-order valence-electron chi connectivity index (χ3n) is 5.59. The van der Waals surface area contributed by atoms with Crippen molar-refractivity contribution >= 4 is 46.8 Å². The van der Waals surface area contributed by atoms with Crippen LogP contribution in [0.5, 0.6) is 0 Å². The van der Waals surface area contributed by atoms with Gasteiger partial charge in [0.1, 0.15) is 0 Å². The van der Waals surface area contributed by atoms with Gasteiger partial charge in [-0.2, -0.15) is 0 Å². The smallest absolute Gasteiger partial charge is 0.423 e. The number of allylic oxidation sites excluding steroid dienone is 4. The molecular formula is C26H26BBrN4O2. The minimum Gasteiger partial charge on any atom is -0.423 e. The minimum atomic E-state index is -1.34. The van der Waals surface area contributed by atoms with Crippen molar-refractivity contribution in [3.63, 3.8) is 0 Å². The van der Waals surface area contributed by atoms with E-state index in [2.05, 4.69) is 91.2 Å². The monoisotopic (exact) mass is 516 g/mol. The average Bonchev–Trinajstić information content (AvgIpc) is 3.54. The fraction of sp³-hybridized carbons (Fsp3) is 0.154. The molecule has 4 N–H and O–H groups in total. The second kappa shape index (κ2) is 11.8. The van der Waals surface area contributed by atoms with Gasteiger partial charge in [0.05, 0.1) is 36.8 Å². The highest BCUT2D eigenvalue weighted by Crippen LogP contribution is 2.24. The Labute approximate surface area is 208 Å². The fourth-order valence-electron chi connectivity index (χ4n) is 3.76. The van der Waals surface area contributed by atoms with Crippen LogP contribution in [-0.2, 0) is 0 Å². The number of fused-ring (bicyclic) bond motifs is 2. The van der Waals surface area contributed by atoms with E-state index in [0.717, 1.165) is 4.48 Å². The molecule has 172 valence electrons. The van der Waals surface area contributed by atoms with Gasteiger partial charge in [-0.15, -0.1) is 0 Å². The molecule has 6 rings (SSSR count). The Morgan fingerprint density at radius 2 is 1.29 bits per heavy atom. The predicted molar refractivity (Wildman–Crippen MR) is 144 cm³/mol. The number of hydrogen-bond donors (Lipinski definition) is 4. The normalized spacial score (nSPS) is 24.7. The van der Waals surface area contributed by atoms with Crippen molar-refractivity contribution in [1.29, 1.82) is 0 Å². The Hall–Kier alpha value is -3.20. The zero-order valence-corrected chi connectivity index (χ0v) is 20.0. The minimum absolute atomic E-state index is 0.289. The first-order valence-electron chi connectivity index (χ1n) is 11.1. The summed E-state index contributed by atoms with van der Waals surface area (Å²) >= 11 is 3.40. The van der Waals surface area contributed by atoms with Crippen molar-refractivity contribution in [2.45, 2.75) is 24.2 Å². The fourth-order valence-corrected chi connectivity index (χ4v) is 4.20. The summed E-state index contributed by atoms with van der Waals surface area (Å²) in [5.74, 6) is 0. The molecule has 6 nitrogen and oxygen atoms in total. The van der Waals surface area contributed by atoms with Gasteiger partial charge in [-0.25, -0.2) is 0 Å². The number of nitrogens with one attached hydrogen (secondary N) is 2. The molecule has 2 aromatic rings. The number of hydrogen-bond acceptors (Lipinski definition) is 6. The molecular weight excluding hydrogens is 491 g/mol. The van der Waals surface area contributed by atoms with Crippen molar-refractivity contribution < 1.29 is 10.0 Å². The SMILES string of the molecule is BrC1=CC2NC=NC2C=C1.C1=CC2N=CNC2C=C1c1ccccc1.OB(O)c1ccccc1. The van der Waals surface area contributed by atoms with Crippen LogP contribution < -0.4 is 16.1 Å². The summed E-state index contributed by atoms with van der Waals surface area (Å²) in [5.41, 5.74) is 3.06. The molecule has 0 spiro atoms. The summed E-state index contributed by atoms with van der Waals surface area (Å²) in [6, 6.07) is 20.4. The molecule has 8 heteroatoms. The molecule has 0 fully saturated rings. The standard InChI is InChI=1S/C13H12N2.C7H7BrN2.C6H7BO2/c1-2-4-10(5-3-1)11-6-7-12-13(8-11)15-9-14-12;8-5-1-2-6-7(3-5)10-4-9-6;8-7(9)6-4-2-1-3-5-6/h1-9,12-13H,(H,14,15);1-4,6-7H,(H,9,10);1-5,8-9H. The number of rotatable bonds is 2. The van der Waals surface area contributed by atoms with E-state index < -0.39 is 7.12 Å². The van der Waals surface area contributed by atoms with Crippen LogP contribution in [0, 0.1) is 0 Å². The van der Waals surface area contributed by atoms with Gasteiger partial charge < -0.3 is 20.7 Å². The van der Waals surface area contributed by atoms with Crippen LogP contribution in [-0.4, -0.2) is 54.0 Å². The lowest BCUT2D eigenvalue weighted by Crippen LogP contribution is -2.30. The maximum Gasteiger partial charge on any atom is 0.488 e. The van der Waals surface area contributed by atoms with Crippen molar-refractivity contribution in [2.75, 3.05) is 0 Å². The molecule has 0 saturated heterocycles. The quantitative estimate of drug-likeness (QED) is 0.462. The lowest BCUT2D eigenvalue weighted by Gasteiger charge is -2.17. The van der Waals surface area contributed by atoms with Gasteiger partial charge >= 0.3 is 7.12 Å². The first kappa shape index (κ1) is 23.9. The van der Waals surface area contributed by atoms with Crippen LogP contribution in [0.4, 0.5) is 0 Å². The molecule has 34 heavy (non-hydrogen) atoms. The van der Waals surface area contributed by atoms with Gasteiger partial charge in [-0.1, -0.05) is 107 Å². The second-order valence-electron chi connectivity index (χ2n) is 7.96. The third kappa shape index (κ3) is 6.44. The number of nitrogens with zero attached hydrogens (tertiary/aromatic N) is 2. The first-order chi connectivity index (χ1) is 16.6. The van der Waals surface area contributed by atoms with Crippen LogP contribution in [0.2, 0.25) is 0 Å². The van der Waals surface area contributed by atoms with Crippen LogP contribution in [0.3, 0.4) is 0 Å². The van der Waals surface area contributed by atoms with E-state index in [1.807, 2.05) is 18.2 Å². The molecule has 4 unspecified atom stereocenters. The molecule has 4 atom stereocenters. The Bertz CT molecular complexity index is 1130. The largest absolute Gasteiger partial charge is 0.488 e. The zero-order valence-electron chi connectivity index (χ0n) is 18.4. The number of halogens is 1. The van der Waals surface area contributed by atoms with Crippen LogP contribution >= 0.6 is 15.9 Å². The molecule has 0 saturated carbocycles. The van der Waals surface area contributed by atoms with E-state index in [1.54, 1.807) is 36.9 Å².